The van der Waals surface area contributed by atoms with Crippen molar-refractivity contribution in [2.45, 2.75) is 0 Å². The molecule has 0 radical (unpaired) electrons. The maximum Gasteiger partial charge on any atom is 0.117 e. The fourth-order valence-electron chi connectivity index (χ4n) is 2.92. The fourth-order valence-corrected chi connectivity index (χ4v) is 3.20. The molecule has 0 amide bonds. The molecule has 1 heterocycles. The molecule has 0 fully saturated rings. The van der Waals surface area contributed by atoms with E-state index in [2.05, 4.69) is 71.4 Å². The Balaban J connectivity index is 1.94. The van der Waals surface area contributed by atoms with E-state index >= 15 is 0 Å². The van der Waals surface area contributed by atoms with Gasteiger partial charge in [-0.05, 0) is 11.6 Å². The van der Waals surface area contributed by atoms with E-state index in [1.54, 1.807) is 0 Å². The van der Waals surface area contributed by atoms with E-state index in [1.807, 2.05) is 24.3 Å². The molecule has 0 unspecified atom stereocenters. The highest BCUT2D eigenvalue weighted by atomic mass is 32.1. The normalized spacial score (nSPS) is 10.8. The zero-order valence-electron chi connectivity index (χ0n) is 12.5. The molecule has 0 atom stereocenters. The number of hydrogen-bond donors (Lipinski definition) is 0. The predicted molar refractivity (Wildman–Crippen MR) is 101 cm³/mol. The van der Waals surface area contributed by atoms with Crippen molar-refractivity contribution in [2.75, 3.05) is 0 Å². The van der Waals surface area contributed by atoms with Gasteiger partial charge in [0.05, 0.1) is 5.52 Å². The van der Waals surface area contributed by atoms with Crippen molar-refractivity contribution < 1.29 is 0 Å². The van der Waals surface area contributed by atoms with Crippen LogP contribution >= 0.6 is 12.2 Å². The van der Waals surface area contributed by atoms with Crippen LogP contribution in [0.15, 0.2) is 91.1 Å². The lowest BCUT2D eigenvalue weighted by Crippen LogP contribution is -2.08. The number of rotatable bonds is 2. The highest BCUT2D eigenvalue weighted by Gasteiger charge is 2.13. The van der Waals surface area contributed by atoms with Crippen LogP contribution in [0.25, 0.3) is 22.0 Å². The molecule has 2 heteroatoms. The third-order valence-electron chi connectivity index (χ3n) is 4.04. The first-order chi connectivity index (χ1) is 11.3. The molecular weight excluding hydrogens is 298 g/mol. The number of thiocarbonyl (C=S) groups is 1. The molecule has 3 aromatic carbocycles. The maximum atomic E-state index is 5.74. The summed E-state index contributed by atoms with van der Waals surface area (Å²) in [5, 5.41) is 1.22. The van der Waals surface area contributed by atoms with E-state index in [1.165, 1.54) is 16.5 Å². The highest BCUT2D eigenvalue weighted by Crippen LogP contribution is 2.31. The lowest BCUT2D eigenvalue weighted by atomic mass is 10.1. The van der Waals surface area contributed by atoms with Gasteiger partial charge in [-0.15, -0.1) is 0 Å². The van der Waals surface area contributed by atoms with Crippen LogP contribution in [-0.4, -0.2) is 9.56 Å². The van der Waals surface area contributed by atoms with Gasteiger partial charge in [-0.2, -0.15) is 0 Å². The molecule has 0 N–H and O–H groups in total. The van der Waals surface area contributed by atoms with Gasteiger partial charge in [0.1, 0.15) is 4.99 Å². The molecular formula is C21H15NS. The van der Waals surface area contributed by atoms with Crippen LogP contribution in [0.2, 0.25) is 0 Å². The Bertz CT molecular complexity index is 969. The Morgan fingerprint density at radius 2 is 1.30 bits per heavy atom. The second-order valence-corrected chi connectivity index (χ2v) is 5.85. The average Bonchev–Trinajstić information content (AvgIpc) is 3.02. The number of para-hydroxylation sites is 1. The minimum Gasteiger partial charge on any atom is -0.306 e. The zero-order valence-corrected chi connectivity index (χ0v) is 13.3. The lowest BCUT2D eigenvalue weighted by Gasteiger charge is -2.07. The summed E-state index contributed by atoms with van der Waals surface area (Å²) in [6, 6.07) is 29.0. The van der Waals surface area contributed by atoms with Crippen LogP contribution in [0.1, 0.15) is 5.56 Å². The quantitative estimate of drug-likeness (QED) is 0.440. The van der Waals surface area contributed by atoms with E-state index < -0.39 is 0 Å². The van der Waals surface area contributed by atoms with Crippen LogP contribution < -0.4 is 0 Å². The summed E-state index contributed by atoms with van der Waals surface area (Å²) >= 11 is 5.74. The number of fused-ring (bicyclic) bond motifs is 1. The van der Waals surface area contributed by atoms with Crippen molar-refractivity contribution in [3.05, 3.63) is 96.7 Å². The zero-order chi connectivity index (χ0) is 15.6. The highest BCUT2D eigenvalue weighted by molar-refractivity contribution is 7.80. The smallest absolute Gasteiger partial charge is 0.117 e. The summed E-state index contributed by atoms with van der Waals surface area (Å²) in [7, 11) is 0. The number of hydrogen-bond acceptors (Lipinski definition) is 1. The van der Waals surface area contributed by atoms with Crippen molar-refractivity contribution in [3.8, 4) is 11.1 Å². The first-order valence-electron chi connectivity index (χ1n) is 7.60. The van der Waals surface area contributed by atoms with Crippen molar-refractivity contribution in [1.29, 1.82) is 0 Å². The fraction of sp³-hybridized carbons (Fsp3) is 0. The molecule has 0 aliphatic heterocycles. The van der Waals surface area contributed by atoms with Gasteiger partial charge in [0.2, 0.25) is 0 Å². The summed E-state index contributed by atoms with van der Waals surface area (Å²) in [4.78, 5) is 0.823. The first kappa shape index (κ1) is 13.9. The SMILES string of the molecule is S=C(c1ccccc1)n1cc(-c2ccccc2)c2ccccc21. The first-order valence-corrected chi connectivity index (χ1v) is 8.01. The Morgan fingerprint density at radius 1 is 0.696 bits per heavy atom. The Kier molecular flexibility index (Phi) is 3.52. The van der Waals surface area contributed by atoms with E-state index in [0.29, 0.717) is 0 Å². The summed E-state index contributed by atoms with van der Waals surface area (Å²) in [6.45, 7) is 0. The molecule has 0 aliphatic rings. The molecule has 1 nitrogen and oxygen atoms in total. The maximum absolute atomic E-state index is 5.74. The molecule has 0 saturated carbocycles. The van der Waals surface area contributed by atoms with Crippen LogP contribution in [-0.2, 0) is 0 Å². The van der Waals surface area contributed by atoms with Crippen LogP contribution in [0.4, 0.5) is 0 Å². The van der Waals surface area contributed by atoms with Crippen molar-refractivity contribution >= 4 is 28.1 Å². The molecule has 0 saturated heterocycles. The molecule has 0 aliphatic carbocycles. The second kappa shape index (κ2) is 5.82. The average molecular weight is 313 g/mol. The summed E-state index contributed by atoms with van der Waals surface area (Å²) in [5.74, 6) is 0. The molecule has 0 bridgehead atoms. The largest absolute Gasteiger partial charge is 0.306 e. The Hall–Kier alpha value is -2.71. The summed E-state index contributed by atoms with van der Waals surface area (Å²) < 4.78 is 2.11. The van der Waals surface area contributed by atoms with Gasteiger partial charge >= 0.3 is 0 Å². The molecule has 0 spiro atoms. The molecule has 1 aromatic heterocycles. The molecule has 4 rings (SSSR count). The van der Waals surface area contributed by atoms with Gasteiger partial charge in [0.15, 0.2) is 0 Å². The lowest BCUT2D eigenvalue weighted by molar-refractivity contribution is 1.25. The van der Waals surface area contributed by atoms with Crippen LogP contribution in [0.5, 0.6) is 0 Å². The standard InChI is InChI=1S/C21H15NS/c23-21(17-11-5-2-6-12-17)22-15-19(16-9-3-1-4-10-16)18-13-7-8-14-20(18)22/h1-15H. The third-order valence-corrected chi connectivity index (χ3v) is 4.47. The molecule has 110 valence electrons. The van der Waals surface area contributed by atoms with Gasteiger partial charge in [0.25, 0.3) is 0 Å². The summed E-state index contributed by atoms with van der Waals surface area (Å²) in [6.07, 6.45) is 2.15. The van der Waals surface area contributed by atoms with E-state index in [4.69, 9.17) is 12.2 Å². The monoisotopic (exact) mass is 313 g/mol. The van der Waals surface area contributed by atoms with Crippen molar-refractivity contribution in [3.63, 3.8) is 0 Å². The minimum atomic E-state index is 0.823. The van der Waals surface area contributed by atoms with E-state index in [0.717, 1.165) is 16.1 Å². The predicted octanol–water partition coefficient (Wildman–Crippen LogP) is 5.53. The number of benzene rings is 3. The second-order valence-electron chi connectivity index (χ2n) is 5.47. The third kappa shape index (κ3) is 2.47. The van der Waals surface area contributed by atoms with Crippen LogP contribution in [0, 0.1) is 0 Å². The number of aromatic nitrogens is 1. The van der Waals surface area contributed by atoms with E-state index in [9.17, 15) is 0 Å². The van der Waals surface area contributed by atoms with Gasteiger partial charge in [-0.1, -0.05) is 91.1 Å². The van der Waals surface area contributed by atoms with Crippen molar-refractivity contribution in [1.82, 2.24) is 4.57 Å². The minimum absolute atomic E-state index is 0.823. The topological polar surface area (TPSA) is 4.93 Å². The van der Waals surface area contributed by atoms with E-state index in [-0.39, 0.29) is 0 Å². The molecule has 4 aromatic rings. The Labute approximate surface area is 140 Å². The Morgan fingerprint density at radius 3 is 2.04 bits per heavy atom. The van der Waals surface area contributed by atoms with Gasteiger partial charge in [0, 0.05) is 22.7 Å². The van der Waals surface area contributed by atoms with Gasteiger partial charge in [-0.3, -0.25) is 0 Å². The van der Waals surface area contributed by atoms with Crippen molar-refractivity contribution in [2.24, 2.45) is 0 Å². The van der Waals surface area contributed by atoms with Gasteiger partial charge < -0.3 is 4.57 Å². The molecule has 23 heavy (non-hydrogen) atoms. The van der Waals surface area contributed by atoms with Crippen LogP contribution in [0.3, 0.4) is 0 Å². The van der Waals surface area contributed by atoms with Gasteiger partial charge in [-0.25, -0.2) is 0 Å². The number of nitrogens with zero attached hydrogens (tertiary/aromatic N) is 1. The summed E-state index contributed by atoms with van der Waals surface area (Å²) in [5.41, 5.74) is 4.61.